The Bertz CT molecular complexity index is 462. The minimum atomic E-state index is -0.245. The van der Waals surface area contributed by atoms with Crippen molar-refractivity contribution in [2.45, 2.75) is 33.1 Å². The first-order valence-electron chi connectivity index (χ1n) is 7.06. The Morgan fingerprint density at radius 2 is 1.80 bits per heavy atom. The van der Waals surface area contributed by atoms with E-state index in [0.29, 0.717) is 5.92 Å². The molecule has 2 aliphatic rings. The molecule has 0 saturated carbocycles. The molecule has 0 aromatic carbocycles. The number of ether oxygens (including phenoxy) is 1. The highest BCUT2D eigenvalue weighted by atomic mass is 16.5. The average Bonchev–Trinajstić information content (AvgIpc) is 2.60. The number of rotatable bonds is 0. The number of hydrogen-bond donors (Lipinski definition) is 0. The van der Waals surface area contributed by atoms with Crippen molar-refractivity contribution in [2.24, 2.45) is 5.92 Å². The molecule has 0 bridgehead atoms. The molecule has 2 rings (SSSR count). The number of allylic oxidation sites excluding steroid dienone is 10. The molecule has 0 radical (unpaired) electrons. The highest BCUT2D eigenvalue weighted by Gasteiger charge is 2.07. The van der Waals surface area contributed by atoms with Crippen LogP contribution >= 0.6 is 0 Å². The molecule has 0 aliphatic heterocycles. The zero-order valence-corrected chi connectivity index (χ0v) is 12.6. The lowest BCUT2D eigenvalue weighted by atomic mass is 9.96. The molecule has 0 saturated heterocycles. The van der Waals surface area contributed by atoms with Crippen LogP contribution in [0.2, 0.25) is 0 Å². The summed E-state index contributed by atoms with van der Waals surface area (Å²) in [5.74, 6) is 0.388. The van der Waals surface area contributed by atoms with Crippen LogP contribution in [-0.4, -0.2) is 13.1 Å². The topological polar surface area (TPSA) is 26.3 Å². The van der Waals surface area contributed by atoms with E-state index in [1.807, 2.05) is 0 Å². The van der Waals surface area contributed by atoms with Crippen LogP contribution in [0.3, 0.4) is 0 Å². The van der Waals surface area contributed by atoms with Gasteiger partial charge in [0, 0.05) is 6.92 Å². The monoisotopic (exact) mass is 272 g/mol. The average molecular weight is 272 g/mol. The van der Waals surface area contributed by atoms with Crippen LogP contribution in [0.5, 0.6) is 0 Å². The first kappa shape index (κ1) is 16.2. The van der Waals surface area contributed by atoms with Crippen molar-refractivity contribution in [1.82, 2.24) is 0 Å². The maximum absolute atomic E-state index is 9.59. The lowest BCUT2D eigenvalue weighted by Crippen LogP contribution is -1.94. The number of hydrogen-bond acceptors (Lipinski definition) is 2. The van der Waals surface area contributed by atoms with E-state index < -0.39 is 0 Å². The number of carbonyl (C=O) groups excluding carboxylic acids is 1. The molecule has 2 nitrogen and oxygen atoms in total. The molecule has 0 heterocycles. The Morgan fingerprint density at radius 3 is 2.45 bits per heavy atom. The summed E-state index contributed by atoms with van der Waals surface area (Å²) in [4.78, 5) is 9.59. The quantitative estimate of drug-likeness (QED) is 0.606. The van der Waals surface area contributed by atoms with Crippen molar-refractivity contribution in [3.8, 4) is 0 Å². The van der Waals surface area contributed by atoms with Crippen LogP contribution in [0.15, 0.2) is 59.8 Å². The number of esters is 1. The van der Waals surface area contributed by atoms with Crippen LogP contribution < -0.4 is 0 Å². The summed E-state index contributed by atoms with van der Waals surface area (Å²) in [5.41, 5.74) is 2.99. The highest BCUT2D eigenvalue weighted by molar-refractivity contribution is 5.65. The zero-order valence-electron chi connectivity index (χ0n) is 12.6. The predicted molar refractivity (Wildman–Crippen MR) is 84.3 cm³/mol. The van der Waals surface area contributed by atoms with Crippen LogP contribution in [0, 0.1) is 5.92 Å². The summed E-state index contributed by atoms with van der Waals surface area (Å²) in [7, 11) is 1.35. The largest absolute Gasteiger partial charge is 0.469 e. The Hall–Kier alpha value is -1.83. The third kappa shape index (κ3) is 6.37. The van der Waals surface area contributed by atoms with Gasteiger partial charge in [0.25, 0.3) is 0 Å². The van der Waals surface area contributed by atoms with E-state index in [2.05, 4.69) is 60.3 Å². The van der Waals surface area contributed by atoms with Gasteiger partial charge in [-0.15, -0.1) is 0 Å². The van der Waals surface area contributed by atoms with Crippen LogP contribution in [0.4, 0.5) is 0 Å². The Morgan fingerprint density at radius 1 is 1.15 bits per heavy atom. The summed E-state index contributed by atoms with van der Waals surface area (Å²) >= 11 is 0. The first-order chi connectivity index (χ1) is 9.63. The van der Waals surface area contributed by atoms with Crippen LogP contribution in [0.25, 0.3) is 0 Å². The summed E-state index contributed by atoms with van der Waals surface area (Å²) in [6, 6.07) is 0. The summed E-state index contributed by atoms with van der Waals surface area (Å²) in [5, 5.41) is 0. The van der Waals surface area contributed by atoms with Gasteiger partial charge in [-0.25, -0.2) is 0 Å². The fourth-order valence-corrected chi connectivity index (χ4v) is 2.05. The molecule has 2 heteroatoms. The fraction of sp³-hybridized carbons (Fsp3) is 0.389. The third-order valence-electron chi connectivity index (χ3n) is 3.18. The normalized spacial score (nSPS) is 24.1. The number of carbonyl (C=O) groups is 1. The molecule has 0 N–H and O–H groups in total. The van der Waals surface area contributed by atoms with E-state index in [-0.39, 0.29) is 5.97 Å². The van der Waals surface area contributed by atoms with Crippen molar-refractivity contribution in [3.63, 3.8) is 0 Å². The van der Waals surface area contributed by atoms with Gasteiger partial charge < -0.3 is 4.74 Å². The smallest absolute Gasteiger partial charge is 0.302 e. The van der Waals surface area contributed by atoms with Gasteiger partial charge in [0.05, 0.1) is 7.11 Å². The lowest BCUT2D eigenvalue weighted by molar-refractivity contribution is -0.137. The minimum absolute atomic E-state index is 0.245. The summed E-state index contributed by atoms with van der Waals surface area (Å²) in [6.45, 7) is 3.64. The predicted octanol–water partition coefficient (Wildman–Crippen LogP) is 4.52. The van der Waals surface area contributed by atoms with Gasteiger partial charge in [0.15, 0.2) is 0 Å². The molecule has 1 unspecified atom stereocenters. The Balaban J connectivity index is 0.000000347. The van der Waals surface area contributed by atoms with E-state index in [0.717, 1.165) is 19.3 Å². The molecule has 0 aromatic rings. The van der Waals surface area contributed by atoms with E-state index in [1.54, 1.807) is 0 Å². The second-order valence-electron chi connectivity index (χ2n) is 4.99. The Labute approximate surface area is 122 Å². The van der Waals surface area contributed by atoms with E-state index >= 15 is 0 Å². The van der Waals surface area contributed by atoms with Crippen LogP contribution in [-0.2, 0) is 9.53 Å². The van der Waals surface area contributed by atoms with E-state index in [9.17, 15) is 4.79 Å². The van der Waals surface area contributed by atoms with Crippen molar-refractivity contribution in [2.75, 3.05) is 7.11 Å². The van der Waals surface area contributed by atoms with Gasteiger partial charge in [-0.1, -0.05) is 55.5 Å². The molecular weight excluding hydrogens is 248 g/mol. The van der Waals surface area contributed by atoms with Gasteiger partial charge in [-0.05, 0) is 36.3 Å². The van der Waals surface area contributed by atoms with E-state index in [4.69, 9.17) is 0 Å². The molecule has 20 heavy (non-hydrogen) atoms. The Kier molecular flexibility index (Phi) is 7.41. The number of methoxy groups -OCH3 is 1. The fourth-order valence-electron chi connectivity index (χ4n) is 2.05. The van der Waals surface area contributed by atoms with Gasteiger partial charge in [0.1, 0.15) is 0 Å². The second kappa shape index (κ2) is 9.13. The van der Waals surface area contributed by atoms with Crippen molar-refractivity contribution in [1.29, 1.82) is 0 Å². The summed E-state index contributed by atoms with van der Waals surface area (Å²) < 4.78 is 4.11. The maximum Gasteiger partial charge on any atom is 0.302 e. The molecular formula is C18H24O2. The first-order valence-corrected chi connectivity index (χ1v) is 7.06. The molecule has 0 spiro atoms. The molecule has 0 fully saturated rings. The third-order valence-corrected chi connectivity index (χ3v) is 3.18. The second-order valence-corrected chi connectivity index (χ2v) is 4.99. The van der Waals surface area contributed by atoms with Crippen LogP contribution in [0.1, 0.15) is 33.1 Å². The van der Waals surface area contributed by atoms with Gasteiger partial charge in [-0.2, -0.15) is 0 Å². The van der Waals surface area contributed by atoms with Gasteiger partial charge in [0.2, 0.25) is 0 Å². The highest BCUT2D eigenvalue weighted by Crippen LogP contribution is 2.24. The zero-order chi connectivity index (χ0) is 14.8. The minimum Gasteiger partial charge on any atom is -0.469 e. The lowest BCUT2D eigenvalue weighted by Gasteiger charge is -2.10. The molecule has 2 aliphatic carbocycles. The van der Waals surface area contributed by atoms with Gasteiger partial charge >= 0.3 is 5.97 Å². The maximum atomic E-state index is 9.59. The van der Waals surface area contributed by atoms with E-state index in [1.165, 1.54) is 25.2 Å². The summed E-state index contributed by atoms with van der Waals surface area (Å²) in [6.07, 6.45) is 21.3. The molecule has 0 amide bonds. The van der Waals surface area contributed by atoms with Gasteiger partial charge in [-0.3, -0.25) is 4.79 Å². The molecule has 1 atom stereocenters. The molecule has 108 valence electrons. The SMILES string of the molecule is CC1/C=C\C=C/CC2=C(C=CCC=C2)C1.COC(C)=O. The van der Waals surface area contributed by atoms with Crippen molar-refractivity contribution < 1.29 is 9.53 Å². The standard InChI is InChI=1S/C15H18.C3H6O2/c1-13-8-4-2-5-9-14-10-6-3-7-11-15(14)12-13;1-3(4)5-2/h2,4-8,10-11,13H,3,9,12H2,1H3;1-2H3/b5-2-,8-4-;. The van der Waals surface area contributed by atoms with Crippen molar-refractivity contribution >= 4 is 5.97 Å². The van der Waals surface area contributed by atoms with Crippen molar-refractivity contribution in [3.05, 3.63) is 59.8 Å². The molecule has 0 aromatic heterocycles.